The molecule has 2 aromatic carbocycles. The number of ether oxygens (including phenoxy) is 3. The van der Waals surface area contributed by atoms with Crippen LogP contribution in [0.4, 0.5) is 0 Å². The Hall–Kier alpha value is -3.85. The van der Waals surface area contributed by atoms with E-state index in [9.17, 15) is 4.79 Å². The van der Waals surface area contributed by atoms with Gasteiger partial charge in [-0.25, -0.2) is 4.68 Å². The minimum absolute atomic E-state index is 0.0472. The molecule has 0 saturated carbocycles. The van der Waals surface area contributed by atoms with E-state index < -0.39 is 5.56 Å². The van der Waals surface area contributed by atoms with Crippen molar-refractivity contribution in [2.75, 3.05) is 19.8 Å². The predicted molar refractivity (Wildman–Crippen MR) is 132 cm³/mol. The second-order valence-electron chi connectivity index (χ2n) is 7.46. The molecular weight excluding hydrogens is 452 g/mol. The second-order valence-corrected chi connectivity index (χ2v) is 8.47. The molecule has 176 valence electrons. The van der Waals surface area contributed by atoms with Crippen molar-refractivity contribution in [1.82, 2.24) is 14.8 Å². The number of fused-ring (bicyclic) bond motifs is 1. The standard InChI is InChI=1S/C25H26N4O4S/c1-4-22-28-29-23(26)19(24(30)27-25(29)34-22)14-17-9-10-20(21(15-17)31-5-2)33-12-11-32-18-8-6-7-16(3)13-18/h4,6-10,13-15,26,28H,5,11-12H2,1-3H3. The van der Waals surface area contributed by atoms with Gasteiger partial charge in [-0.2, -0.15) is 4.98 Å². The fourth-order valence-electron chi connectivity index (χ4n) is 3.36. The average molecular weight is 479 g/mol. The number of aromatic amines is 1. The number of aryl methyl sites for hydroxylation is 1. The van der Waals surface area contributed by atoms with Crippen LogP contribution in [0, 0.1) is 12.3 Å². The van der Waals surface area contributed by atoms with Gasteiger partial charge in [0, 0.05) is 0 Å². The molecule has 0 aromatic heterocycles. The van der Waals surface area contributed by atoms with Gasteiger partial charge in [-0.1, -0.05) is 35.6 Å². The van der Waals surface area contributed by atoms with Crippen LogP contribution in [-0.2, 0) is 0 Å². The predicted octanol–water partition coefficient (Wildman–Crippen LogP) is 2.33. The molecule has 0 saturated heterocycles. The molecule has 0 spiro atoms. The van der Waals surface area contributed by atoms with Crippen molar-refractivity contribution in [1.29, 1.82) is 5.41 Å². The number of nitrogens with zero attached hydrogens (tertiary/aromatic N) is 2. The topological polar surface area (TPSA) is 102 Å². The van der Waals surface area contributed by atoms with E-state index in [0.717, 1.165) is 16.0 Å². The van der Waals surface area contributed by atoms with Crippen LogP contribution < -0.4 is 35.1 Å². The maximum atomic E-state index is 12.6. The van der Waals surface area contributed by atoms with Crippen molar-refractivity contribution in [3.8, 4) is 22.4 Å². The molecular formula is C25H26N4O4S. The van der Waals surface area contributed by atoms with Crippen LogP contribution in [-0.4, -0.2) is 34.6 Å². The summed E-state index contributed by atoms with van der Waals surface area (Å²) in [6.07, 6.45) is 3.50. The Morgan fingerprint density at radius 3 is 2.71 bits per heavy atom. The highest BCUT2D eigenvalue weighted by Crippen LogP contribution is 2.28. The summed E-state index contributed by atoms with van der Waals surface area (Å²) >= 11 is 1.32. The molecule has 2 aliphatic rings. The zero-order valence-corrected chi connectivity index (χ0v) is 20.1. The van der Waals surface area contributed by atoms with E-state index in [1.807, 2.05) is 57.2 Å². The number of hydrogen-bond donors (Lipinski definition) is 2. The first-order valence-electron chi connectivity index (χ1n) is 10.9. The van der Waals surface area contributed by atoms with Gasteiger partial charge in [0.25, 0.3) is 5.56 Å². The Bertz CT molecular complexity index is 1500. The number of H-pyrrole nitrogens is 1. The van der Waals surface area contributed by atoms with E-state index >= 15 is 0 Å². The largest absolute Gasteiger partial charge is 0.490 e. The zero-order chi connectivity index (χ0) is 24.1. The minimum Gasteiger partial charge on any atom is -0.490 e. The van der Waals surface area contributed by atoms with E-state index in [0.29, 0.717) is 42.0 Å². The lowest BCUT2D eigenvalue weighted by molar-refractivity contribution is 0.208. The minimum atomic E-state index is -0.450. The third-order valence-corrected chi connectivity index (χ3v) is 5.96. The molecule has 2 aliphatic heterocycles. The molecule has 2 aromatic rings. The number of aromatic nitrogens is 3. The highest BCUT2D eigenvalue weighted by Gasteiger charge is 2.11. The summed E-state index contributed by atoms with van der Waals surface area (Å²) in [5, 5.41) is 12.2. The lowest BCUT2D eigenvalue weighted by Crippen LogP contribution is -2.47. The smallest absolute Gasteiger partial charge is 0.283 e. The molecule has 9 heteroatoms. The summed E-state index contributed by atoms with van der Waals surface area (Å²) in [6.45, 7) is 6.98. The molecule has 2 N–H and O–H groups in total. The third kappa shape index (κ3) is 5.20. The van der Waals surface area contributed by atoms with Gasteiger partial charge in [0.1, 0.15) is 23.6 Å². The second kappa shape index (κ2) is 10.4. The van der Waals surface area contributed by atoms with Crippen molar-refractivity contribution in [3.05, 3.63) is 79.3 Å². The van der Waals surface area contributed by atoms with E-state index in [-0.39, 0.29) is 10.7 Å². The third-order valence-electron chi connectivity index (χ3n) is 4.96. The molecule has 0 unspecified atom stereocenters. The first kappa shape index (κ1) is 23.3. The number of benzene rings is 2. The molecule has 34 heavy (non-hydrogen) atoms. The summed E-state index contributed by atoms with van der Waals surface area (Å²) in [7, 11) is 0. The first-order valence-corrected chi connectivity index (χ1v) is 11.7. The maximum Gasteiger partial charge on any atom is 0.283 e. The summed E-state index contributed by atoms with van der Waals surface area (Å²) in [5.74, 6) is 1.93. The molecule has 2 heterocycles. The van der Waals surface area contributed by atoms with Crippen LogP contribution in [0.15, 0.2) is 47.3 Å². The van der Waals surface area contributed by atoms with Crippen molar-refractivity contribution in [2.45, 2.75) is 20.8 Å². The van der Waals surface area contributed by atoms with Gasteiger partial charge in [-0.3, -0.25) is 15.3 Å². The molecule has 0 radical (unpaired) electrons. The van der Waals surface area contributed by atoms with Crippen molar-refractivity contribution in [2.24, 2.45) is 0 Å². The van der Waals surface area contributed by atoms with Crippen molar-refractivity contribution < 1.29 is 14.2 Å². The number of nitrogens with one attached hydrogen (secondary N) is 2. The van der Waals surface area contributed by atoms with E-state index in [1.165, 1.54) is 16.0 Å². The van der Waals surface area contributed by atoms with E-state index in [2.05, 4.69) is 10.1 Å². The number of hydrogen-bond acceptors (Lipinski definition) is 7. The lowest BCUT2D eigenvalue weighted by Gasteiger charge is -2.13. The molecule has 0 fully saturated rings. The average Bonchev–Trinajstić information content (AvgIpc) is 3.24. The molecule has 0 amide bonds. The van der Waals surface area contributed by atoms with Crippen molar-refractivity contribution >= 4 is 23.5 Å². The quantitative estimate of drug-likeness (QED) is 0.379. The van der Waals surface area contributed by atoms with Crippen LogP contribution in [0.3, 0.4) is 0 Å². The molecule has 0 aliphatic carbocycles. The fraction of sp³-hybridized carbons (Fsp3) is 0.240. The zero-order valence-electron chi connectivity index (χ0n) is 19.3. The van der Waals surface area contributed by atoms with Gasteiger partial charge in [0.15, 0.2) is 17.0 Å². The van der Waals surface area contributed by atoms with Gasteiger partial charge >= 0.3 is 0 Å². The van der Waals surface area contributed by atoms with Crippen LogP contribution in [0.25, 0.3) is 17.3 Å². The summed E-state index contributed by atoms with van der Waals surface area (Å²) in [5.41, 5.74) is 1.44. The summed E-state index contributed by atoms with van der Waals surface area (Å²) in [4.78, 5) is 16.7. The van der Waals surface area contributed by atoms with Gasteiger partial charge in [-0.05, 0) is 62.2 Å². The number of rotatable bonds is 8. The van der Waals surface area contributed by atoms with Crippen LogP contribution in [0.5, 0.6) is 17.2 Å². The Morgan fingerprint density at radius 2 is 1.94 bits per heavy atom. The highest BCUT2D eigenvalue weighted by atomic mass is 32.1. The maximum absolute atomic E-state index is 12.6. The van der Waals surface area contributed by atoms with Gasteiger partial charge in [0.2, 0.25) is 5.13 Å². The lowest BCUT2D eigenvalue weighted by atomic mass is 10.1. The fourth-order valence-corrected chi connectivity index (χ4v) is 4.16. The Labute approximate surface area is 200 Å². The Balaban J connectivity index is 1.57. The Kier molecular flexibility index (Phi) is 7.12. The van der Waals surface area contributed by atoms with Crippen LogP contribution >= 0.6 is 11.3 Å². The molecule has 0 atom stereocenters. The monoisotopic (exact) mass is 478 g/mol. The van der Waals surface area contributed by atoms with Gasteiger partial charge < -0.3 is 14.2 Å². The first-order chi connectivity index (χ1) is 16.5. The SMILES string of the molecule is CC=c1[nH]n2c(=N)c(=Cc3ccc(OCCOc4cccc(C)c4)c(OCC)c3)c(=O)nc-2s1. The Morgan fingerprint density at radius 1 is 1.12 bits per heavy atom. The van der Waals surface area contributed by atoms with Crippen molar-refractivity contribution in [3.63, 3.8) is 0 Å². The van der Waals surface area contributed by atoms with Crippen LogP contribution in [0.2, 0.25) is 0 Å². The van der Waals surface area contributed by atoms with Gasteiger partial charge in [0.05, 0.1) is 11.8 Å². The summed E-state index contributed by atoms with van der Waals surface area (Å²) in [6, 6.07) is 13.2. The summed E-state index contributed by atoms with van der Waals surface area (Å²) < 4.78 is 19.7. The van der Waals surface area contributed by atoms with E-state index in [4.69, 9.17) is 19.6 Å². The normalized spacial score (nSPS) is 12.3. The molecule has 8 nitrogen and oxygen atoms in total. The highest BCUT2D eigenvalue weighted by molar-refractivity contribution is 7.11. The molecule has 4 rings (SSSR count). The molecule has 0 bridgehead atoms. The van der Waals surface area contributed by atoms with Crippen LogP contribution in [0.1, 0.15) is 25.0 Å². The van der Waals surface area contributed by atoms with Gasteiger partial charge in [-0.15, -0.1) is 0 Å². The van der Waals surface area contributed by atoms with E-state index in [1.54, 1.807) is 18.2 Å².